The van der Waals surface area contributed by atoms with Crippen LogP contribution in [0.15, 0.2) is 35.5 Å². The Hall–Kier alpha value is -0.940. The third kappa shape index (κ3) is 5.90. The summed E-state index contributed by atoms with van der Waals surface area (Å²) in [6.07, 6.45) is 12.1. The molecule has 4 heteroatoms. The van der Waals surface area contributed by atoms with Crippen molar-refractivity contribution in [3.05, 3.63) is 35.5 Å². The summed E-state index contributed by atoms with van der Waals surface area (Å²) < 4.78 is 6.25. The highest BCUT2D eigenvalue weighted by Crippen LogP contribution is 2.58. The fourth-order valence-corrected chi connectivity index (χ4v) is 6.41. The number of hydrogen-bond donors (Lipinski definition) is 3. The van der Waals surface area contributed by atoms with Crippen LogP contribution in [-0.4, -0.2) is 45.8 Å². The molecule has 3 saturated carbocycles. The first-order chi connectivity index (χ1) is 14.5. The van der Waals surface area contributed by atoms with E-state index in [0.29, 0.717) is 31.3 Å². The normalized spacial score (nSPS) is 38.0. The van der Waals surface area contributed by atoms with Crippen LogP contribution in [0.5, 0.6) is 0 Å². The maximum absolute atomic E-state index is 10.1. The molecule has 4 nitrogen and oxygen atoms in total. The van der Waals surface area contributed by atoms with E-state index < -0.39 is 17.8 Å². The second-order valence-corrected chi connectivity index (χ2v) is 11.2. The molecule has 176 valence electrons. The smallest absolute Gasteiger partial charge is 0.0811 e. The molecule has 0 bridgehead atoms. The van der Waals surface area contributed by atoms with Crippen LogP contribution < -0.4 is 0 Å². The standard InChI is InChI=1S/C27H44O4/c1-18-21(16-22(28)17-25(18)29)10-9-20-8-6-14-27(5)23(11-12-24(20)27)19(2)31-15-7-13-26(3,4)30/h9-10,19,22-25,28-30H,1,6-8,11-17H2,2-5H3/t19-,22+,23+,24-,25-,27+/m0/s1. The van der Waals surface area contributed by atoms with Crippen molar-refractivity contribution in [1.82, 2.24) is 0 Å². The van der Waals surface area contributed by atoms with Crippen molar-refractivity contribution in [2.75, 3.05) is 6.61 Å². The van der Waals surface area contributed by atoms with Gasteiger partial charge in [-0.1, -0.05) is 31.2 Å². The fourth-order valence-electron chi connectivity index (χ4n) is 6.41. The molecule has 0 aromatic rings. The predicted octanol–water partition coefficient (Wildman–Crippen LogP) is 5.08. The molecule has 0 amide bonds. The monoisotopic (exact) mass is 432 g/mol. The molecule has 0 heterocycles. The maximum Gasteiger partial charge on any atom is 0.0811 e. The van der Waals surface area contributed by atoms with E-state index in [1.54, 1.807) is 0 Å². The fraction of sp³-hybridized carbons (Fsp3) is 0.778. The zero-order valence-corrected chi connectivity index (χ0v) is 20.1. The summed E-state index contributed by atoms with van der Waals surface area (Å²) in [6, 6.07) is 0. The minimum Gasteiger partial charge on any atom is -0.393 e. The lowest BCUT2D eigenvalue weighted by molar-refractivity contribution is -0.0318. The molecular formula is C27H44O4. The molecule has 0 aromatic carbocycles. The van der Waals surface area contributed by atoms with Crippen LogP contribution in [0, 0.1) is 17.3 Å². The Kier molecular flexibility index (Phi) is 7.89. The first kappa shape index (κ1) is 24.7. The summed E-state index contributed by atoms with van der Waals surface area (Å²) in [6.45, 7) is 13.2. The summed E-state index contributed by atoms with van der Waals surface area (Å²) in [4.78, 5) is 0. The van der Waals surface area contributed by atoms with Crippen molar-refractivity contribution >= 4 is 0 Å². The van der Waals surface area contributed by atoms with Gasteiger partial charge in [-0.05, 0) is 101 Å². The molecule has 0 spiro atoms. The lowest BCUT2D eigenvalue weighted by atomic mass is 9.62. The van der Waals surface area contributed by atoms with Crippen LogP contribution in [0.4, 0.5) is 0 Å². The first-order valence-electron chi connectivity index (χ1n) is 12.3. The van der Waals surface area contributed by atoms with Crippen LogP contribution in [0.1, 0.15) is 85.5 Å². The van der Waals surface area contributed by atoms with Gasteiger partial charge in [-0.3, -0.25) is 0 Å². The Morgan fingerprint density at radius 3 is 2.71 bits per heavy atom. The summed E-state index contributed by atoms with van der Waals surface area (Å²) >= 11 is 0. The van der Waals surface area contributed by atoms with Gasteiger partial charge >= 0.3 is 0 Å². The van der Waals surface area contributed by atoms with Gasteiger partial charge in [0.1, 0.15) is 0 Å². The molecule has 0 radical (unpaired) electrons. The van der Waals surface area contributed by atoms with Gasteiger partial charge in [0, 0.05) is 13.0 Å². The van der Waals surface area contributed by atoms with E-state index in [1.165, 1.54) is 31.3 Å². The van der Waals surface area contributed by atoms with Crippen molar-refractivity contribution in [2.24, 2.45) is 17.3 Å². The van der Waals surface area contributed by atoms with Gasteiger partial charge < -0.3 is 20.1 Å². The van der Waals surface area contributed by atoms with Gasteiger partial charge in [-0.25, -0.2) is 0 Å². The second kappa shape index (κ2) is 9.91. The predicted molar refractivity (Wildman–Crippen MR) is 126 cm³/mol. The molecule has 3 aliphatic rings. The Bertz CT molecular complexity index is 701. The Labute approximate surface area is 189 Å². The molecular weight excluding hydrogens is 388 g/mol. The number of ether oxygens (including phenoxy) is 1. The third-order valence-electron chi connectivity index (χ3n) is 8.18. The van der Waals surface area contributed by atoms with E-state index in [9.17, 15) is 15.3 Å². The van der Waals surface area contributed by atoms with Gasteiger partial charge in [0.2, 0.25) is 0 Å². The van der Waals surface area contributed by atoms with E-state index in [4.69, 9.17) is 4.74 Å². The number of hydrogen-bond acceptors (Lipinski definition) is 4. The molecule has 3 aliphatic carbocycles. The van der Waals surface area contributed by atoms with Crippen LogP contribution in [0.2, 0.25) is 0 Å². The van der Waals surface area contributed by atoms with Crippen LogP contribution in [0.3, 0.4) is 0 Å². The summed E-state index contributed by atoms with van der Waals surface area (Å²) in [7, 11) is 0. The van der Waals surface area contributed by atoms with E-state index >= 15 is 0 Å². The largest absolute Gasteiger partial charge is 0.393 e. The minimum absolute atomic E-state index is 0.234. The highest BCUT2D eigenvalue weighted by Gasteiger charge is 2.51. The van der Waals surface area contributed by atoms with Crippen molar-refractivity contribution in [3.63, 3.8) is 0 Å². The lowest BCUT2D eigenvalue weighted by Gasteiger charge is -2.44. The quantitative estimate of drug-likeness (QED) is 0.491. The number of fused-ring (bicyclic) bond motifs is 1. The van der Waals surface area contributed by atoms with Gasteiger partial charge in [-0.2, -0.15) is 0 Å². The van der Waals surface area contributed by atoms with Crippen molar-refractivity contribution < 1.29 is 20.1 Å². The van der Waals surface area contributed by atoms with Gasteiger partial charge in [-0.15, -0.1) is 0 Å². The van der Waals surface area contributed by atoms with E-state index in [0.717, 1.165) is 30.4 Å². The van der Waals surface area contributed by atoms with Crippen molar-refractivity contribution in [2.45, 2.75) is 109 Å². The van der Waals surface area contributed by atoms with E-state index in [1.807, 2.05) is 13.8 Å². The van der Waals surface area contributed by atoms with Crippen LogP contribution in [0.25, 0.3) is 0 Å². The summed E-state index contributed by atoms with van der Waals surface area (Å²) in [5.74, 6) is 1.14. The maximum atomic E-state index is 10.1. The molecule has 0 aromatic heterocycles. The molecule has 0 unspecified atom stereocenters. The lowest BCUT2D eigenvalue weighted by Crippen LogP contribution is -2.38. The molecule has 31 heavy (non-hydrogen) atoms. The van der Waals surface area contributed by atoms with E-state index in [2.05, 4.69) is 32.6 Å². The molecule has 3 N–H and O–H groups in total. The molecule has 3 fully saturated rings. The summed E-state index contributed by atoms with van der Waals surface area (Å²) in [5, 5.41) is 30.1. The SMILES string of the molecule is C=C1C(=CC=C2CCC[C@]3(C)[C@@H]([C@H](C)OCCCC(C)(C)O)CC[C@@H]23)C[C@@H](O)C[C@@H]1O. The number of rotatable bonds is 7. The Morgan fingerprint density at radius 1 is 1.26 bits per heavy atom. The van der Waals surface area contributed by atoms with Gasteiger partial charge in [0.05, 0.1) is 23.9 Å². The Morgan fingerprint density at radius 2 is 2.00 bits per heavy atom. The highest BCUT2D eigenvalue weighted by atomic mass is 16.5. The summed E-state index contributed by atoms with van der Waals surface area (Å²) in [5.41, 5.74) is 2.91. The number of aliphatic hydroxyl groups excluding tert-OH is 2. The molecule has 6 atom stereocenters. The van der Waals surface area contributed by atoms with Crippen LogP contribution >= 0.6 is 0 Å². The average Bonchev–Trinajstić information content (AvgIpc) is 3.03. The molecule has 0 saturated heterocycles. The van der Waals surface area contributed by atoms with Crippen molar-refractivity contribution in [3.8, 4) is 0 Å². The van der Waals surface area contributed by atoms with Gasteiger partial charge in [0.15, 0.2) is 0 Å². The minimum atomic E-state index is -0.629. The number of allylic oxidation sites excluding steroid dienone is 3. The first-order valence-corrected chi connectivity index (χ1v) is 12.3. The van der Waals surface area contributed by atoms with E-state index in [-0.39, 0.29) is 11.5 Å². The zero-order chi connectivity index (χ0) is 22.8. The third-order valence-corrected chi connectivity index (χ3v) is 8.18. The Balaban J connectivity index is 1.66. The topological polar surface area (TPSA) is 69.9 Å². The number of aliphatic hydroxyl groups is 3. The second-order valence-electron chi connectivity index (χ2n) is 11.2. The van der Waals surface area contributed by atoms with Crippen molar-refractivity contribution in [1.29, 1.82) is 0 Å². The zero-order valence-electron chi connectivity index (χ0n) is 20.1. The average molecular weight is 433 g/mol. The highest BCUT2D eigenvalue weighted by molar-refractivity contribution is 5.38. The van der Waals surface area contributed by atoms with Crippen LogP contribution in [-0.2, 0) is 4.74 Å². The molecule has 0 aliphatic heterocycles. The molecule has 3 rings (SSSR count). The van der Waals surface area contributed by atoms with Gasteiger partial charge in [0.25, 0.3) is 0 Å².